The van der Waals surface area contributed by atoms with Gasteiger partial charge in [-0.1, -0.05) is 55.4 Å². The summed E-state index contributed by atoms with van der Waals surface area (Å²) in [4.78, 5) is 44.0. The highest BCUT2D eigenvalue weighted by Crippen LogP contribution is 2.25. The van der Waals surface area contributed by atoms with Crippen LogP contribution in [0.3, 0.4) is 0 Å². The van der Waals surface area contributed by atoms with Gasteiger partial charge in [-0.05, 0) is 48.9 Å². The molecule has 0 unspecified atom stereocenters. The van der Waals surface area contributed by atoms with E-state index in [9.17, 15) is 14.4 Å². The van der Waals surface area contributed by atoms with E-state index in [0.717, 1.165) is 15.7 Å². The van der Waals surface area contributed by atoms with Crippen molar-refractivity contribution in [2.24, 2.45) is 0 Å². The number of rotatable bonds is 6. The fraction of sp³-hybridized carbons (Fsp3) is 0.250. The third kappa shape index (κ3) is 4.65. The van der Waals surface area contributed by atoms with Crippen LogP contribution in [0.1, 0.15) is 30.9 Å². The molecule has 1 N–H and O–H groups in total. The Morgan fingerprint density at radius 3 is 2.55 bits per heavy atom. The van der Waals surface area contributed by atoms with Crippen LogP contribution in [-0.4, -0.2) is 26.3 Å². The molecule has 0 atom stereocenters. The maximum Gasteiger partial charge on any atom is 0.337 e. The van der Waals surface area contributed by atoms with E-state index in [-0.39, 0.29) is 18.1 Å². The number of thioether (sulfide) groups is 1. The Balaban J connectivity index is 1.79. The number of hydrogen-bond acceptors (Lipinski definition) is 6. The van der Waals surface area contributed by atoms with Gasteiger partial charge in [0.05, 0.1) is 5.69 Å². The Labute approximate surface area is 199 Å². The largest absolute Gasteiger partial charge is 0.337 e. The second-order valence-electron chi connectivity index (χ2n) is 8.01. The first-order valence-electron chi connectivity index (χ1n) is 10.5. The van der Waals surface area contributed by atoms with Gasteiger partial charge in [-0.2, -0.15) is 0 Å². The number of fused-ring (bicyclic) bond motifs is 1. The summed E-state index contributed by atoms with van der Waals surface area (Å²) in [5.41, 5.74) is 2.43. The summed E-state index contributed by atoms with van der Waals surface area (Å²) in [7, 11) is 0. The van der Waals surface area contributed by atoms with Crippen LogP contribution >= 0.6 is 23.1 Å². The summed E-state index contributed by atoms with van der Waals surface area (Å²) < 4.78 is 3.38. The van der Waals surface area contributed by atoms with Crippen molar-refractivity contribution >= 4 is 45.0 Å². The van der Waals surface area contributed by atoms with E-state index in [0.29, 0.717) is 26.3 Å². The van der Waals surface area contributed by atoms with Crippen LogP contribution in [0.5, 0.6) is 0 Å². The Kier molecular flexibility index (Phi) is 6.53. The quantitative estimate of drug-likeness (QED) is 0.414. The predicted octanol–water partition coefficient (Wildman–Crippen LogP) is 4.40. The van der Waals surface area contributed by atoms with Crippen LogP contribution in [0.4, 0.5) is 5.69 Å². The highest BCUT2D eigenvalue weighted by Gasteiger charge is 2.20. The molecule has 4 aromatic rings. The molecule has 1 amide bonds. The third-order valence-corrected chi connectivity index (χ3v) is 7.29. The molecule has 0 saturated carbocycles. The number of anilines is 1. The molecule has 9 heteroatoms. The van der Waals surface area contributed by atoms with Gasteiger partial charge in [0.2, 0.25) is 5.91 Å². The molecule has 0 saturated heterocycles. The van der Waals surface area contributed by atoms with Crippen molar-refractivity contribution in [2.75, 3.05) is 11.6 Å². The van der Waals surface area contributed by atoms with Gasteiger partial charge in [0.15, 0.2) is 9.99 Å². The lowest BCUT2D eigenvalue weighted by Gasteiger charge is -2.13. The van der Waals surface area contributed by atoms with Crippen LogP contribution in [-0.2, 0) is 11.3 Å². The number of carbonyl (C=O) groups is 1. The Morgan fingerprint density at radius 2 is 1.88 bits per heavy atom. The van der Waals surface area contributed by atoms with Gasteiger partial charge in [0, 0.05) is 5.69 Å². The van der Waals surface area contributed by atoms with Crippen molar-refractivity contribution in [1.82, 2.24) is 14.1 Å². The van der Waals surface area contributed by atoms with Crippen LogP contribution in [0.2, 0.25) is 0 Å². The Bertz CT molecular complexity index is 1450. The minimum Gasteiger partial charge on any atom is -0.325 e. The minimum atomic E-state index is -0.597. The molecule has 170 valence electrons. The van der Waals surface area contributed by atoms with Gasteiger partial charge in [0.1, 0.15) is 11.2 Å². The van der Waals surface area contributed by atoms with E-state index in [1.54, 1.807) is 12.1 Å². The molecule has 2 heterocycles. The van der Waals surface area contributed by atoms with E-state index < -0.39 is 11.2 Å². The summed E-state index contributed by atoms with van der Waals surface area (Å²) in [6, 6.07) is 14.7. The average molecular weight is 481 g/mol. The molecule has 0 aliphatic rings. The molecule has 0 aliphatic heterocycles. The van der Waals surface area contributed by atoms with Crippen molar-refractivity contribution < 1.29 is 4.79 Å². The van der Waals surface area contributed by atoms with Crippen LogP contribution in [0.15, 0.2) is 62.5 Å². The Hall–Kier alpha value is -3.17. The molecular formula is C24H24N4O3S2. The highest BCUT2D eigenvalue weighted by atomic mass is 32.2. The van der Waals surface area contributed by atoms with Crippen molar-refractivity contribution in [2.45, 2.75) is 37.6 Å². The molecule has 7 nitrogen and oxygen atoms in total. The number of thiazole rings is 1. The van der Waals surface area contributed by atoms with E-state index in [2.05, 4.69) is 24.1 Å². The zero-order valence-corrected chi connectivity index (χ0v) is 20.4. The van der Waals surface area contributed by atoms with E-state index in [1.807, 2.05) is 49.6 Å². The van der Waals surface area contributed by atoms with Crippen LogP contribution < -0.4 is 16.6 Å². The van der Waals surface area contributed by atoms with Gasteiger partial charge < -0.3 is 5.32 Å². The van der Waals surface area contributed by atoms with Crippen molar-refractivity contribution in [3.63, 3.8) is 0 Å². The normalized spacial score (nSPS) is 11.3. The summed E-state index contributed by atoms with van der Waals surface area (Å²) in [5, 5.41) is 2.86. The molecule has 4 rings (SSSR count). The number of amides is 1. The summed E-state index contributed by atoms with van der Waals surface area (Å²) in [6.45, 7) is 5.83. The fourth-order valence-electron chi connectivity index (χ4n) is 3.49. The van der Waals surface area contributed by atoms with Crippen LogP contribution in [0, 0.1) is 6.92 Å². The lowest BCUT2D eigenvalue weighted by Crippen LogP contribution is -2.40. The zero-order valence-electron chi connectivity index (χ0n) is 18.8. The smallest absolute Gasteiger partial charge is 0.325 e. The van der Waals surface area contributed by atoms with Crippen molar-refractivity contribution in [3.8, 4) is 5.69 Å². The summed E-state index contributed by atoms with van der Waals surface area (Å²) >= 11 is 2.61. The van der Waals surface area contributed by atoms with E-state index in [4.69, 9.17) is 0 Å². The Morgan fingerprint density at radius 1 is 1.15 bits per heavy atom. The highest BCUT2D eigenvalue weighted by molar-refractivity contribution is 8.00. The molecule has 0 spiro atoms. The van der Waals surface area contributed by atoms with Crippen molar-refractivity contribution in [3.05, 3.63) is 80.5 Å². The van der Waals surface area contributed by atoms with Crippen molar-refractivity contribution in [1.29, 1.82) is 0 Å². The molecule has 2 aromatic heterocycles. The van der Waals surface area contributed by atoms with Gasteiger partial charge in [-0.3, -0.25) is 14.2 Å². The lowest BCUT2D eigenvalue weighted by atomic mass is 10.0. The second-order valence-corrected chi connectivity index (χ2v) is 10.1. The first kappa shape index (κ1) is 23.0. The van der Waals surface area contributed by atoms with Gasteiger partial charge >= 0.3 is 5.69 Å². The second kappa shape index (κ2) is 9.36. The topological polar surface area (TPSA) is 86.0 Å². The van der Waals surface area contributed by atoms with Crippen LogP contribution in [0.25, 0.3) is 16.0 Å². The SMILES string of the molecule is CSc1nc2c(s1)c(=O)n(-c1ccc(C)cc1)c(=O)n2CC(=O)Nc1cccc(C(C)C)c1. The monoisotopic (exact) mass is 480 g/mol. The van der Waals surface area contributed by atoms with Gasteiger partial charge in [-0.15, -0.1) is 11.3 Å². The van der Waals surface area contributed by atoms with Gasteiger partial charge in [0.25, 0.3) is 5.56 Å². The molecule has 0 bridgehead atoms. The maximum absolute atomic E-state index is 13.4. The first-order chi connectivity index (χ1) is 15.8. The number of benzene rings is 2. The zero-order chi connectivity index (χ0) is 23.7. The number of aryl methyl sites for hydroxylation is 1. The number of nitrogens with zero attached hydrogens (tertiary/aromatic N) is 3. The predicted molar refractivity (Wildman–Crippen MR) is 135 cm³/mol. The van der Waals surface area contributed by atoms with Gasteiger partial charge in [-0.25, -0.2) is 14.3 Å². The molecule has 2 aromatic carbocycles. The molecule has 33 heavy (non-hydrogen) atoms. The fourth-order valence-corrected chi connectivity index (χ4v) is 4.98. The van der Waals surface area contributed by atoms with E-state index >= 15 is 0 Å². The molecule has 0 fully saturated rings. The molecule has 0 radical (unpaired) electrons. The third-order valence-electron chi connectivity index (χ3n) is 5.27. The standard InChI is InChI=1S/C24H24N4O3S2/c1-14(2)16-6-5-7-17(12-16)25-19(29)13-27-21-20(33-23(26-21)32-4)22(30)28(24(27)31)18-10-8-15(3)9-11-18/h5-12,14H,13H2,1-4H3,(H,25,29). The number of nitrogens with one attached hydrogen (secondary N) is 1. The number of hydrogen-bond donors (Lipinski definition) is 1. The molecule has 0 aliphatic carbocycles. The summed E-state index contributed by atoms with van der Waals surface area (Å²) in [5.74, 6) is -0.0470. The number of aromatic nitrogens is 3. The molecular weight excluding hydrogens is 456 g/mol. The number of carbonyl (C=O) groups excluding carboxylic acids is 1. The first-order valence-corrected chi connectivity index (χ1v) is 12.5. The maximum atomic E-state index is 13.4. The average Bonchev–Trinajstić information content (AvgIpc) is 3.23. The van der Waals surface area contributed by atoms with E-state index in [1.165, 1.54) is 27.7 Å². The minimum absolute atomic E-state index is 0.230. The lowest BCUT2D eigenvalue weighted by molar-refractivity contribution is -0.116. The summed E-state index contributed by atoms with van der Waals surface area (Å²) in [6.07, 6.45) is 1.85.